The Kier molecular flexibility index (Phi) is 9.90. The standard InChI is InChI=1S/C30H42O4Si/c1-30(2,3)35(25-15-9-7-10-16-25,26-17-11-8-12-18-26)34-23-24-21-22-28(31)27(24)19-13-5-6-14-20-29(32)33-4/h5,7-13,15-18,24,27-28,31H,6,14,19-23H2,1-4H3/b13-5-/t24-,27-,28+/m1/s1. The van der Waals surface area contributed by atoms with Crippen LogP contribution in [0, 0.1) is 11.8 Å². The second kappa shape index (κ2) is 12.7. The van der Waals surface area contributed by atoms with Gasteiger partial charge in [0.2, 0.25) is 0 Å². The minimum Gasteiger partial charge on any atom is -0.469 e. The van der Waals surface area contributed by atoms with Crippen molar-refractivity contribution in [3.8, 4) is 0 Å². The van der Waals surface area contributed by atoms with Crippen molar-refractivity contribution >= 4 is 24.7 Å². The van der Waals surface area contributed by atoms with Gasteiger partial charge in [0.1, 0.15) is 0 Å². The third-order valence-corrected chi connectivity index (χ3v) is 12.4. The lowest BCUT2D eigenvalue weighted by atomic mass is 9.92. The first-order valence-corrected chi connectivity index (χ1v) is 14.9. The van der Waals surface area contributed by atoms with E-state index in [4.69, 9.17) is 9.16 Å². The van der Waals surface area contributed by atoms with Crippen LogP contribution in [0.15, 0.2) is 72.8 Å². The van der Waals surface area contributed by atoms with Crippen LogP contribution in [-0.4, -0.2) is 39.2 Å². The highest BCUT2D eigenvalue weighted by Crippen LogP contribution is 2.40. The highest BCUT2D eigenvalue weighted by Gasteiger charge is 2.51. The molecule has 0 saturated heterocycles. The molecule has 4 nitrogen and oxygen atoms in total. The number of ether oxygens (including phenoxy) is 1. The molecule has 2 aromatic carbocycles. The predicted molar refractivity (Wildman–Crippen MR) is 145 cm³/mol. The van der Waals surface area contributed by atoms with E-state index < -0.39 is 8.32 Å². The van der Waals surface area contributed by atoms with E-state index >= 15 is 0 Å². The Bertz CT molecular complexity index is 896. The lowest BCUT2D eigenvalue weighted by Crippen LogP contribution is -2.67. The fourth-order valence-corrected chi connectivity index (χ4v) is 10.1. The second-order valence-electron chi connectivity index (χ2n) is 10.7. The van der Waals surface area contributed by atoms with Gasteiger partial charge in [-0.2, -0.15) is 0 Å². The Morgan fingerprint density at radius 3 is 2.14 bits per heavy atom. The number of aliphatic hydroxyl groups is 1. The van der Waals surface area contributed by atoms with Gasteiger partial charge < -0.3 is 14.3 Å². The summed E-state index contributed by atoms with van der Waals surface area (Å²) in [7, 11) is -1.15. The number of methoxy groups -OCH3 is 1. The number of aliphatic hydroxyl groups excluding tert-OH is 1. The molecule has 3 rings (SSSR count). The second-order valence-corrected chi connectivity index (χ2v) is 15.0. The van der Waals surface area contributed by atoms with Gasteiger partial charge in [0.05, 0.1) is 13.2 Å². The molecule has 0 radical (unpaired) electrons. The summed E-state index contributed by atoms with van der Waals surface area (Å²) in [5.41, 5.74) is 0. The van der Waals surface area contributed by atoms with Crippen molar-refractivity contribution in [1.29, 1.82) is 0 Å². The number of carbonyl (C=O) groups is 1. The number of hydrogen-bond acceptors (Lipinski definition) is 4. The van der Waals surface area contributed by atoms with Crippen LogP contribution in [0.3, 0.4) is 0 Å². The van der Waals surface area contributed by atoms with E-state index in [-0.39, 0.29) is 23.0 Å². The van der Waals surface area contributed by atoms with Gasteiger partial charge in [-0.25, -0.2) is 0 Å². The fraction of sp³-hybridized carbons (Fsp3) is 0.500. The van der Waals surface area contributed by atoms with Crippen molar-refractivity contribution in [3.63, 3.8) is 0 Å². The van der Waals surface area contributed by atoms with Gasteiger partial charge in [-0.3, -0.25) is 4.79 Å². The lowest BCUT2D eigenvalue weighted by molar-refractivity contribution is -0.140. The molecule has 0 aromatic heterocycles. The smallest absolute Gasteiger partial charge is 0.305 e. The van der Waals surface area contributed by atoms with E-state index in [1.54, 1.807) is 0 Å². The molecule has 0 unspecified atom stereocenters. The molecular weight excluding hydrogens is 452 g/mol. The molecule has 0 aliphatic heterocycles. The molecule has 0 spiro atoms. The van der Waals surface area contributed by atoms with Crippen LogP contribution in [-0.2, 0) is 14.0 Å². The van der Waals surface area contributed by atoms with Gasteiger partial charge in [0.25, 0.3) is 8.32 Å². The van der Waals surface area contributed by atoms with Crippen LogP contribution in [0.25, 0.3) is 0 Å². The van der Waals surface area contributed by atoms with Gasteiger partial charge in [-0.15, -0.1) is 0 Å². The average Bonchev–Trinajstić information content (AvgIpc) is 3.21. The Labute approximate surface area is 212 Å². The van der Waals surface area contributed by atoms with E-state index in [1.165, 1.54) is 17.5 Å². The minimum atomic E-state index is -2.58. The highest BCUT2D eigenvalue weighted by atomic mass is 28.4. The SMILES string of the molecule is COC(=O)CCC/C=C\C[C@@H]1[C@@H](CO[Si](c2ccccc2)(c2ccccc2)C(C)(C)C)CC[C@@H]1O. The monoisotopic (exact) mass is 494 g/mol. The molecule has 1 aliphatic rings. The summed E-state index contributed by atoms with van der Waals surface area (Å²) >= 11 is 0. The summed E-state index contributed by atoms with van der Waals surface area (Å²) < 4.78 is 11.9. The number of carbonyl (C=O) groups excluding carboxylic acids is 1. The highest BCUT2D eigenvalue weighted by molar-refractivity contribution is 6.99. The Morgan fingerprint density at radius 2 is 1.60 bits per heavy atom. The van der Waals surface area contributed by atoms with E-state index in [0.717, 1.165) is 32.1 Å². The number of hydrogen-bond donors (Lipinski definition) is 1. The molecule has 190 valence electrons. The van der Waals surface area contributed by atoms with Crippen LogP contribution < -0.4 is 10.4 Å². The molecule has 3 atom stereocenters. The van der Waals surface area contributed by atoms with Crippen LogP contribution in [0.1, 0.15) is 59.3 Å². The summed E-state index contributed by atoms with van der Waals surface area (Å²) in [5, 5.41) is 13.3. The van der Waals surface area contributed by atoms with E-state index in [0.29, 0.717) is 18.9 Å². The van der Waals surface area contributed by atoms with Crippen molar-refractivity contribution in [2.24, 2.45) is 11.8 Å². The fourth-order valence-electron chi connectivity index (χ4n) is 5.51. The van der Waals surface area contributed by atoms with Crippen molar-refractivity contribution in [2.45, 2.75) is 70.4 Å². The van der Waals surface area contributed by atoms with E-state index in [1.807, 2.05) is 0 Å². The zero-order valence-electron chi connectivity index (χ0n) is 21.8. The summed E-state index contributed by atoms with van der Waals surface area (Å²) in [6.07, 6.45) is 8.76. The maximum absolute atomic E-state index is 11.3. The van der Waals surface area contributed by atoms with Crippen LogP contribution in [0.2, 0.25) is 5.04 Å². The molecule has 0 heterocycles. The minimum absolute atomic E-state index is 0.0536. The van der Waals surface area contributed by atoms with Gasteiger partial charge in [-0.1, -0.05) is 93.6 Å². The summed E-state index contributed by atoms with van der Waals surface area (Å²) in [4.78, 5) is 11.3. The largest absolute Gasteiger partial charge is 0.469 e. The number of unbranched alkanes of at least 4 members (excludes halogenated alkanes) is 1. The lowest BCUT2D eigenvalue weighted by Gasteiger charge is -2.44. The first kappa shape index (κ1) is 27.4. The van der Waals surface area contributed by atoms with E-state index in [9.17, 15) is 9.90 Å². The average molecular weight is 495 g/mol. The third kappa shape index (κ3) is 6.72. The van der Waals surface area contributed by atoms with Gasteiger partial charge in [0.15, 0.2) is 0 Å². The summed E-state index contributed by atoms with van der Waals surface area (Å²) in [6.45, 7) is 7.57. The Morgan fingerprint density at radius 1 is 1.00 bits per heavy atom. The molecule has 2 aromatic rings. The molecule has 1 aliphatic carbocycles. The number of benzene rings is 2. The molecule has 5 heteroatoms. The van der Waals surface area contributed by atoms with Crippen LogP contribution >= 0.6 is 0 Å². The van der Waals surface area contributed by atoms with Crippen molar-refractivity contribution in [1.82, 2.24) is 0 Å². The molecule has 1 fully saturated rings. The maximum Gasteiger partial charge on any atom is 0.305 e. The molecule has 0 amide bonds. The zero-order valence-corrected chi connectivity index (χ0v) is 22.8. The molecule has 1 N–H and O–H groups in total. The van der Waals surface area contributed by atoms with Gasteiger partial charge in [0, 0.05) is 13.0 Å². The summed E-state index contributed by atoms with van der Waals surface area (Å²) in [6, 6.07) is 21.5. The third-order valence-electron chi connectivity index (χ3n) is 7.42. The van der Waals surface area contributed by atoms with E-state index in [2.05, 4.69) is 93.6 Å². The molecule has 0 bridgehead atoms. The number of esters is 1. The molecule has 35 heavy (non-hydrogen) atoms. The van der Waals surface area contributed by atoms with Gasteiger partial charge >= 0.3 is 5.97 Å². The van der Waals surface area contributed by atoms with Crippen molar-refractivity contribution in [3.05, 3.63) is 72.8 Å². The zero-order chi connectivity index (χ0) is 25.3. The topological polar surface area (TPSA) is 55.8 Å². The Balaban J connectivity index is 1.76. The van der Waals surface area contributed by atoms with Crippen molar-refractivity contribution in [2.75, 3.05) is 13.7 Å². The first-order valence-electron chi connectivity index (χ1n) is 12.9. The number of allylic oxidation sites excluding steroid dienone is 2. The normalized spacial score (nSPS) is 20.9. The molecule has 1 saturated carbocycles. The Hall–Kier alpha value is -2.21. The van der Waals surface area contributed by atoms with Crippen molar-refractivity contribution < 1.29 is 19.1 Å². The van der Waals surface area contributed by atoms with Crippen LogP contribution in [0.5, 0.6) is 0 Å². The summed E-state index contributed by atoms with van der Waals surface area (Å²) in [5.74, 6) is 0.363. The van der Waals surface area contributed by atoms with Gasteiger partial charge in [-0.05, 0) is 59.4 Å². The quantitative estimate of drug-likeness (QED) is 0.201. The first-order chi connectivity index (χ1) is 16.8. The predicted octanol–water partition coefficient (Wildman–Crippen LogP) is 5.24. The maximum atomic E-state index is 11.3. The number of rotatable bonds is 11. The van der Waals surface area contributed by atoms with Crippen LogP contribution in [0.4, 0.5) is 0 Å². The molecular formula is C30H42O4Si.